The first kappa shape index (κ1) is 18.2. The van der Waals surface area contributed by atoms with Crippen LogP contribution in [0.15, 0.2) is 22.5 Å². The zero-order valence-corrected chi connectivity index (χ0v) is 15.2. The summed E-state index contributed by atoms with van der Waals surface area (Å²) in [4.78, 5) is 22.7. The van der Waals surface area contributed by atoms with Crippen LogP contribution in [0, 0.1) is 13.8 Å². The molecule has 0 aliphatic carbocycles. The number of carbonyl (C=O) groups is 2. The minimum atomic E-state index is -0.738. The van der Waals surface area contributed by atoms with Gasteiger partial charge in [0.1, 0.15) is 0 Å². The van der Waals surface area contributed by atoms with Crippen molar-refractivity contribution in [1.82, 2.24) is 15.5 Å². The smallest absolute Gasteiger partial charge is 0.413 e. The Balaban J connectivity index is 1.87. The minimum absolute atomic E-state index is 0.0665. The van der Waals surface area contributed by atoms with Gasteiger partial charge < -0.3 is 10.1 Å². The molecule has 0 spiro atoms. The van der Waals surface area contributed by atoms with E-state index in [0.717, 1.165) is 11.3 Å². The Labute approximate surface area is 148 Å². The Morgan fingerprint density at radius 2 is 2.08 bits per heavy atom. The quantitative estimate of drug-likeness (QED) is 0.758. The van der Waals surface area contributed by atoms with Gasteiger partial charge in [0.2, 0.25) is 11.0 Å². The van der Waals surface area contributed by atoms with Crippen LogP contribution in [0.5, 0.6) is 0 Å². The summed E-state index contributed by atoms with van der Waals surface area (Å²) in [5, 5.41) is 14.1. The van der Waals surface area contributed by atoms with Crippen molar-refractivity contribution in [3.05, 3.63) is 29.3 Å². The Bertz CT molecular complexity index is 733. The third kappa shape index (κ3) is 5.50. The first-order chi connectivity index (χ1) is 11.5. The van der Waals surface area contributed by atoms with E-state index in [2.05, 4.69) is 31.6 Å². The third-order valence-electron chi connectivity index (χ3n) is 2.87. The van der Waals surface area contributed by atoms with Gasteiger partial charge in [-0.2, -0.15) is 0 Å². The van der Waals surface area contributed by atoms with Gasteiger partial charge in [0, 0.05) is 5.69 Å². The number of nitrogens with one attached hydrogen (secondary N) is 2. The van der Waals surface area contributed by atoms with Gasteiger partial charge in [-0.15, -0.1) is 10.2 Å². The number of aromatic nitrogens is 2. The van der Waals surface area contributed by atoms with Crippen molar-refractivity contribution >= 4 is 45.9 Å². The van der Waals surface area contributed by atoms with Gasteiger partial charge in [-0.05, 0) is 32.4 Å². The molecule has 0 fully saturated rings. The zero-order valence-electron chi connectivity index (χ0n) is 13.6. The number of amides is 2. The standard InChI is InChI=1S/C15H18N4O3S2/c1-4-22-14(21)17-12(20)8-23-15-19-18-13(24-15)16-11-6-5-9(2)7-10(11)3/h5-7H,4,8H2,1-3H3,(H,16,18)(H,17,20,21). The van der Waals surface area contributed by atoms with Gasteiger partial charge in [-0.25, -0.2) is 4.79 Å². The van der Waals surface area contributed by atoms with Crippen LogP contribution < -0.4 is 10.6 Å². The van der Waals surface area contributed by atoms with Crippen molar-refractivity contribution < 1.29 is 14.3 Å². The number of aryl methyl sites for hydroxylation is 2. The zero-order chi connectivity index (χ0) is 17.5. The summed E-state index contributed by atoms with van der Waals surface area (Å²) in [5.74, 6) is -0.366. The van der Waals surface area contributed by atoms with E-state index in [4.69, 9.17) is 0 Å². The second-order valence-electron chi connectivity index (χ2n) is 4.87. The molecule has 9 heteroatoms. The number of nitrogens with zero attached hydrogens (tertiary/aromatic N) is 2. The summed E-state index contributed by atoms with van der Waals surface area (Å²) in [6, 6.07) is 6.09. The highest BCUT2D eigenvalue weighted by molar-refractivity contribution is 8.01. The number of ether oxygens (including phenoxy) is 1. The second kappa shape index (κ2) is 8.65. The summed E-state index contributed by atoms with van der Waals surface area (Å²) >= 11 is 2.56. The van der Waals surface area contributed by atoms with Gasteiger partial charge in [0.05, 0.1) is 12.4 Å². The Hall–Kier alpha value is -2.13. The van der Waals surface area contributed by atoms with Crippen molar-refractivity contribution in [2.24, 2.45) is 0 Å². The molecule has 0 bridgehead atoms. The minimum Gasteiger partial charge on any atom is -0.450 e. The van der Waals surface area contributed by atoms with Crippen LogP contribution in [-0.4, -0.2) is 34.6 Å². The van der Waals surface area contributed by atoms with E-state index >= 15 is 0 Å². The van der Waals surface area contributed by atoms with E-state index in [9.17, 15) is 9.59 Å². The summed E-state index contributed by atoms with van der Waals surface area (Å²) < 4.78 is 5.28. The number of imide groups is 1. The normalized spacial score (nSPS) is 10.3. The third-order valence-corrected chi connectivity index (χ3v) is 4.85. The fourth-order valence-corrected chi connectivity index (χ4v) is 3.40. The van der Waals surface area contributed by atoms with Crippen LogP contribution in [-0.2, 0) is 9.53 Å². The monoisotopic (exact) mass is 366 g/mol. The van der Waals surface area contributed by atoms with E-state index in [1.165, 1.54) is 28.7 Å². The van der Waals surface area contributed by atoms with Crippen LogP contribution in [0.25, 0.3) is 0 Å². The predicted molar refractivity (Wildman–Crippen MR) is 95.0 cm³/mol. The number of hydrogen-bond acceptors (Lipinski definition) is 8. The van der Waals surface area contributed by atoms with Gasteiger partial charge in [-0.1, -0.05) is 40.8 Å². The van der Waals surface area contributed by atoms with Crippen molar-refractivity contribution in [2.75, 3.05) is 17.7 Å². The van der Waals surface area contributed by atoms with E-state index < -0.39 is 12.0 Å². The van der Waals surface area contributed by atoms with Crippen molar-refractivity contribution in [1.29, 1.82) is 0 Å². The van der Waals surface area contributed by atoms with Crippen LogP contribution >= 0.6 is 23.1 Å². The molecule has 0 aliphatic rings. The molecule has 1 heterocycles. The van der Waals surface area contributed by atoms with Crippen LogP contribution in [0.1, 0.15) is 18.1 Å². The number of anilines is 2. The maximum atomic E-state index is 11.6. The molecular formula is C15H18N4O3S2. The number of benzene rings is 1. The summed E-state index contributed by atoms with van der Waals surface area (Å²) in [7, 11) is 0. The Morgan fingerprint density at radius 3 is 2.79 bits per heavy atom. The Morgan fingerprint density at radius 1 is 1.29 bits per heavy atom. The van der Waals surface area contributed by atoms with E-state index in [1.807, 2.05) is 26.0 Å². The number of carbonyl (C=O) groups excluding carboxylic acids is 2. The van der Waals surface area contributed by atoms with Crippen molar-refractivity contribution in [3.8, 4) is 0 Å². The molecular weight excluding hydrogens is 348 g/mol. The molecule has 1 aromatic heterocycles. The second-order valence-corrected chi connectivity index (χ2v) is 7.07. The summed E-state index contributed by atoms with van der Waals surface area (Å²) in [6.45, 7) is 5.95. The van der Waals surface area contributed by atoms with Gasteiger partial charge in [-0.3, -0.25) is 10.1 Å². The van der Waals surface area contributed by atoms with Crippen LogP contribution in [0.2, 0.25) is 0 Å². The molecule has 1 aromatic carbocycles. The lowest BCUT2D eigenvalue weighted by molar-refractivity contribution is -0.117. The first-order valence-corrected chi connectivity index (χ1v) is 9.05. The van der Waals surface area contributed by atoms with Gasteiger partial charge >= 0.3 is 6.09 Å². The number of hydrogen-bond donors (Lipinski definition) is 2. The highest BCUT2D eigenvalue weighted by atomic mass is 32.2. The lowest BCUT2D eigenvalue weighted by Crippen LogP contribution is -2.32. The highest BCUT2D eigenvalue weighted by Crippen LogP contribution is 2.28. The van der Waals surface area contributed by atoms with Crippen molar-refractivity contribution in [3.63, 3.8) is 0 Å². The first-order valence-electron chi connectivity index (χ1n) is 7.25. The Kier molecular flexibility index (Phi) is 6.56. The topological polar surface area (TPSA) is 93.2 Å². The fourth-order valence-electron chi connectivity index (χ4n) is 1.83. The summed E-state index contributed by atoms with van der Waals surface area (Å²) in [6.07, 6.45) is -0.738. The molecule has 2 N–H and O–H groups in total. The molecule has 128 valence electrons. The average molecular weight is 366 g/mol. The van der Waals surface area contributed by atoms with Crippen LogP contribution in [0.3, 0.4) is 0 Å². The molecule has 0 aliphatic heterocycles. The predicted octanol–water partition coefficient (Wildman–Crippen LogP) is 3.26. The van der Waals surface area contributed by atoms with E-state index in [1.54, 1.807) is 6.92 Å². The van der Waals surface area contributed by atoms with E-state index in [0.29, 0.717) is 9.47 Å². The lowest BCUT2D eigenvalue weighted by atomic mass is 10.1. The molecule has 7 nitrogen and oxygen atoms in total. The number of rotatable bonds is 6. The molecule has 2 rings (SSSR count). The average Bonchev–Trinajstić information content (AvgIpc) is 2.96. The molecule has 2 aromatic rings. The SMILES string of the molecule is CCOC(=O)NC(=O)CSc1nnc(Nc2ccc(C)cc2C)s1. The maximum Gasteiger partial charge on any atom is 0.413 e. The fraction of sp³-hybridized carbons (Fsp3) is 0.333. The molecule has 0 saturated carbocycles. The molecule has 0 unspecified atom stereocenters. The van der Waals surface area contributed by atoms with E-state index in [-0.39, 0.29) is 12.4 Å². The summed E-state index contributed by atoms with van der Waals surface area (Å²) in [5.41, 5.74) is 3.28. The number of alkyl carbamates (subject to hydrolysis) is 1. The molecule has 0 atom stereocenters. The highest BCUT2D eigenvalue weighted by Gasteiger charge is 2.11. The molecule has 0 saturated heterocycles. The van der Waals surface area contributed by atoms with Gasteiger partial charge in [0.15, 0.2) is 4.34 Å². The molecule has 2 amide bonds. The maximum absolute atomic E-state index is 11.6. The van der Waals surface area contributed by atoms with Crippen molar-refractivity contribution in [2.45, 2.75) is 25.1 Å². The largest absolute Gasteiger partial charge is 0.450 e. The number of thioether (sulfide) groups is 1. The lowest BCUT2D eigenvalue weighted by Gasteiger charge is -2.06. The van der Waals surface area contributed by atoms with Gasteiger partial charge in [0.25, 0.3) is 0 Å². The van der Waals surface area contributed by atoms with Crippen LogP contribution in [0.4, 0.5) is 15.6 Å². The molecule has 24 heavy (non-hydrogen) atoms. The molecule has 0 radical (unpaired) electrons.